The van der Waals surface area contributed by atoms with Crippen LogP contribution in [0.5, 0.6) is 5.75 Å². The van der Waals surface area contributed by atoms with Crippen LogP contribution >= 0.6 is 0 Å². The van der Waals surface area contributed by atoms with Crippen molar-refractivity contribution in [3.63, 3.8) is 0 Å². The standard InChI is InChI=1S/C20H31N5O/c1-5-21-20(22-12-15-25-13-8-9-14-25)23-16-18(24(2)3)17-10-6-7-11-19(17)26-4/h6-11,13-14,18H,5,12,15-16H2,1-4H3,(H2,21,22,23). The molecule has 1 heterocycles. The zero-order valence-corrected chi connectivity index (χ0v) is 16.3. The number of para-hydroxylation sites is 1. The minimum absolute atomic E-state index is 0.144. The van der Waals surface area contributed by atoms with Gasteiger partial charge in [-0.2, -0.15) is 0 Å². The first-order valence-corrected chi connectivity index (χ1v) is 9.08. The lowest BCUT2D eigenvalue weighted by Crippen LogP contribution is -2.39. The molecule has 1 atom stereocenters. The minimum Gasteiger partial charge on any atom is -0.496 e. The molecule has 0 aliphatic heterocycles. The van der Waals surface area contributed by atoms with Crippen LogP contribution in [-0.2, 0) is 6.54 Å². The summed E-state index contributed by atoms with van der Waals surface area (Å²) in [6.07, 6.45) is 4.13. The molecule has 6 heteroatoms. The summed E-state index contributed by atoms with van der Waals surface area (Å²) in [5.41, 5.74) is 1.15. The number of hydrogen-bond donors (Lipinski definition) is 2. The Bertz CT molecular complexity index is 667. The quantitative estimate of drug-likeness (QED) is 0.534. The molecule has 0 saturated carbocycles. The third-order valence-electron chi connectivity index (χ3n) is 4.22. The molecule has 0 amide bonds. The molecular formula is C20H31N5O. The molecule has 1 aromatic heterocycles. The van der Waals surface area contributed by atoms with Crippen LogP contribution in [0.15, 0.2) is 53.8 Å². The molecule has 2 rings (SSSR count). The van der Waals surface area contributed by atoms with E-state index in [-0.39, 0.29) is 6.04 Å². The first kappa shape index (κ1) is 19.8. The second-order valence-corrected chi connectivity index (χ2v) is 6.29. The average Bonchev–Trinajstić information content (AvgIpc) is 3.15. The molecule has 0 spiro atoms. The fraction of sp³-hybridized carbons (Fsp3) is 0.450. The molecule has 2 aromatic rings. The van der Waals surface area contributed by atoms with Crippen LogP contribution in [0.2, 0.25) is 0 Å². The maximum atomic E-state index is 5.53. The molecule has 1 unspecified atom stereocenters. The summed E-state index contributed by atoms with van der Waals surface area (Å²) in [7, 11) is 5.85. The number of likely N-dealkylation sites (N-methyl/N-ethyl adjacent to an activating group) is 1. The zero-order valence-electron chi connectivity index (χ0n) is 16.3. The Hall–Kier alpha value is -2.47. The summed E-state index contributed by atoms with van der Waals surface area (Å²) in [4.78, 5) is 6.96. The maximum absolute atomic E-state index is 5.53. The van der Waals surface area contributed by atoms with Crippen molar-refractivity contribution in [2.45, 2.75) is 19.5 Å². The van der Waals surface area contributed by atoms with Crippen molar-refractivity contribution >= 4 is 5.96 Å². The number of ether oxygens (including phenoxy) is 1. The summed E-state index contributed by atoms with van der Waals surface area (Å²) in [5, 5.41) is 6.72. The second-order valence-electron chi connectivity index (χ2n) is 6.29. The van der Waals surface area contributed by atoms with Gasteiger partial charge in [-0.25, -0.2) is 0 Å². The molecule has 0 aliphatic carbocycles. The van der Waals surface area contributed by atoms with Gasteiger partial charge in [0, 0.05) is 37.6 Å². The van der Waals surface area contributed by atoms with Crippen molar-refractivity contribution in [1.82, 2.24) is 20.1 Å². The number of aliphatic imine (C=N–C) groups is 1. The van der Waals surface area contributed by atoms with Gasteiger partial charge >= 0.3 is 0 Å². The molecule has 1 aromatic carbocycles. The van der Waals surface area contributed by atoms with E-state index in [0.29, 0.717) is 6.54 Å². The molecule has 0 saturated heterocycles. The summed E-state index contributed by atoms with van der Waals surface area (Å²) in [6.45, 7) is 5.28. The minimum atomic E-state index is 0.144. The van der Waals surface area contributed by atoms with Crippen LogP contribution in [0.1, 0.15) is 18.5 Å². The van der Waals surface area contributed by atoms with Crippen LogP contribution in [-0.4, -0.2) is 56.3 Å². The predicted octanol–water partition coefficient (Wildman–Crippen LogP) is 2.35. The smallest absolute Gasteiger partial charge is 0.191 e. The largest absolute Gasteiger partial charge is 0.496 e. The number of nitrogens with one attached hydrogen (secondary N) is 2. The van der Waals surface area contributed by atoms with E-state index in [1.807, 2.05) is 30.3 Å². The fourth-order valence-corrected chi connectivity index (χ4v) is 2.82. The summed E-state index contributed by atoms with van der Waals surface area (Å²) in [5.74, 6) is 1.73. The number of rotatable bonds is 9. The molecule has 0 aliphatic rings. The Balaban J connectivity index is 2.03. The fourth-order valence-electron chi connectivity index (χ4n) is 2.82. The Kier molecular flexibility index (Phi) is 8.02. The lowest BCUT2D eigenvalue weighted by molar-refractivity contribution is 0.295. The van der Waals surface area contributed by atoms with E-state index in [1.165, 1.54) is 0 Å². The number of methoxy groups -OCH3 is 1. The van der Waals surface area contributed by atoms with Crippen LogP contribution in [0, 0.1) is 0 Å². The first-order valence-electron chi connectivity index (χ1n) is 9.08. The number of benzene rings is 1. The Morgan fingerprint density at radius 1 is 1.15 bits per heavy atom. The van der Waals surface area contributed by atoms with E-state index in [9.17, 15) is 0 Å². The van der Waals surface area contributed by atoms with Gasteiger partial charge < -0.3 is 24.8 Å². The summed E-state index contributed by atoms with van der Waals surface area (Å²) in [6, 6.07) is 12.3. The van der Waals surface area contributed by atoms with Gasteiger partial charge in [0.1, 0.15) is 5.75 Å². The molecule has 2 N–H and O–H groups in total. The van der Waals surface area contributed by atoms with Crippen molar-refractivity contribution in [2.24, 2.45) is 4.99 Å². The Labute approximate surface area is 156 Å². The Morgan fingerprint density at radius 3 is 2.54 bits per heavy atom. The number of aromatic nitrogens is 1. The van der Waals surface area contributed by atoms with Crippen LogP contribution in [0.25, 0.3) is 0 Å². The van der Waals surface area contributed by atoms with E-state index in [4.69, 9.17) is 9.73 Å². The molecule has 0 radical (unpaired) electrons. The topological polar surface area (TPSA) is 53.8 Å². The lowest BCUT2D eigenvalue weighted by Gasteiger charge is -2.25. The zero-order chi connectivity index (χ0) is 18.8. The molecule has 0 bridgehead atoms. The van der Waals surface area contributed by atoms with E-state index in [1.54, 1.807) is 7.11 Å². The van der Waals surface area contributed by atoms with Gasteiger partial charge in [-0.15, -0.1) is 0 Å². The molecule has 142 valence electrons. The SMILES string of the molecule is CCNC(=NCC(c1ccccc1OC)N(C)C)NCCn1cccc1. The highest BCUT2D eigenvalue weighted by molar-refractivity contribution is 5.79. The highest BCUT2D eigenvalue weighted by atomic mass is 16.5. The molecular weight excluding hydrogens is 326 g/mol. The van der Waals surface area contributed by atoms with Crippen LogP contribution < -0.4 is 15.4 Å². The van der Waals surface area contributed by atoms with Gasteiger partial charge in [0.2, 0.25) is 0 Å². The van der Waals surface area contributed by atoms with E-state index in [2.05, 4.69) is 59.6 Å². The van der Waals surface area contributed by atoms with E-state index >= 15 is 0 Å². The molecule has 6 nitrogen and oxygen atoms in total. The van der Waals surface area contributed by atoms with Gasteiger partial charge in [-0.3, -0.25) is 4.99 Å². The third-order valence-corrected chi connectivity index (χ3v) is 4.22. The van der Waals surface area contributed by atoms with Crippen LogP contribution in [0.4, 0.5) is 0 Å². The van der Waals surface area contributed by atoms with Crippen LogP contribution in [0.3, 0.4) is 0 Å². The predicted molar refractivity (Wildman–Crippen MR) is 108 cm³/mol. The van der Waals surface area contributed by atoms with Crippen molar-refractivity contribution in [3.8, 4) is 5.75 Å². The summed E-state index contributed by atoms with van der Waals surface area (Å²) >= 11 is 0. The van der Waals surface area contributed by atoms with Gasteiger partial charge in [-0.1, -0.05) is 18.2 Å². The average molecular weight is 358 g/mol. The van der Waals surface area contributed by atoms with Crippen molar-refractivity contribution in [2.75, 3.05) is 40.8 Å². The highest BCUT2D eigenvalue weighted by Crippen LogP contribution is 2.28. The second kappa shape index (κ2) is 10.5. The van der Waals surface area contributed by atoms with Gasteiger partial charge in [0.25, 0.3) is 0 Å². The van der Waals surface area contributed by atoms with Crippen molar-refractivity contribution in [1.29, 1.82) is 0 Å². The van der Waals surface area contributed by atoms with E-state index in [0.717, 1.165) is 36.9 Å². The maximum Gasteiger partial charge on any atom is 0.191 e. The lowest BCUT2D eigenvalue weighted by atomic mass is 10.0. The first-order chi connectivity index (χ1) is 12.7. The normalized spacial score (nSPS) is 12.9. The number of nitrogens with zero attached hydrogens (tertiary/aromatic N) is 3. The number of hydrogen-bond acceptors (Lipinski definition) is 3. The third kappa shape index (κ3) is 5.81. The van der Waals surface area contributed by atoms with Crippen molar-refractivity contribution < 1.29 is 4.74 Å². The van der Waals surface area contributed by atoms with E-state index < -0.39 is 0 Å². The van der Waals surface area contributed by atoms with Crippen molar-refractivity contribution in [3.05, 3.63) is 54.4 Å². The molecule has 0 fully saturated rings. The number of guanidine groups is 1. The van der Waals surface area contributed by atoms with Gasteiger partial charge in [0.15, 0.2) is 5.96 Å². The summed E-state index contributed by atoms with van der Waals surface area (Å²) < 4.78 is 7.67. The highest BCUT2D eigenvalue weighted by Gasteiger charge is 2.18. The Morgan fingerprint density at radius 2 is 1.88 bits per heavy atom. The molecule has 26 heavy (non-hydrogen) atoms. The van der Waals surface area contributed by atoms with Gasteiger partial charge in [0.05, 0.1) is 19.7 Å². The monoisotopic (exact) mass is 357 g/mol. The van der Waals surface area contributed by atoms with Gasteiger partial charge in [-0.05, 0) is 39.2 Å².